The second-order valence-corrected chi connectivity index (χ2v) is 11.8. The van der Waals surface area contributed by atoms with E-state index < -0.39 is 12.1 Å². The van der Waals surface area contributed by atoms with Gasteiger partial charge in [-0.2, -0.15) is 0 Å². The molecule has 0 spiro atoms. The van der Waals surface area contributed by atoms with Crippen molar-refractivity contribution in [1.29, 1.82) is 0 Å². The highest BCUT2D eigenvalue weighted by molar-refractivity contribution is 7.09. The van der Waals surface area contributed by atoms with E-state index in [1.165, 1.54) is 11.3 Å². The highest BCUT2D eigenvalue weighted by atomic mass is 32.1. The summed E-state index contributed by atoms with van der Waals surface area (Å²) in [5, 5.41) is 20.3. The van der Waals surface area contributed by atoms with Crippen molar-refractivity contribution in [2.24, 2.45) is 0 Å². The number of aliphatic hydroxyl groups excluding tert-OH is 1. The zero-order valence-electron chi connectivity index (χ0n) is 24.6. The largest absolute Gasteiger partial charge is 0.390 e. The molecule has 3 N–H and O–H groups in total. The molecule has 0 saturated carbocycles. The predicted octanol–water partition coefficient (Wildman–Crippen LogP) is 4.73. The molecule has 2 aromatic carbocycles. The van der Waals surface area contributed by atoms with Gasteiger partial charge in [-0.3, -0.25) is 14.6 Å². The number of nitrogens with zero attached hydrogens (tertiary/aromatic N) is 3. The summed E-state index contributed by atoms with van der Waals surface area (Å²) < 4.78 is 0. The first-order chi connectivity index (χ1) is 20.2. The molecule has 0 unspecified atom stereocenters. The number of thiazole rings is 1. The van der Waals surface area contributed by atoms with Gasteiger partial charge in [-0.15, -0.1) is 11.3 Å². The Bertz CT molecular complexity index is 1470. The van der Waals surface area contributed by atoms with Gasteiger partial charge >= 0.3 is 0 Å². The molecule has 0 saturated heterocycles. The predicted molar refractivity (Wildman–Crippen MR) is 167 cm³/mol. The van der Waals surface area contributed by atoms with Crippen LogP contribution in [0.2, 0.25) is 0 Å². The fraction of sp³-hybridized carbons (Fsp3) is 0.333. The van der Waals surface area contributed by atoms with Gasteiger partial charge in [0.2, 0.25) is 0 Å². The fourth-order valence-corrected chi connectivity index (χ4v) is 5.42. The number of benzene rings is 2. The number of aliphatic hydroxyl groups is 1. The molecule has 0 aliphatic carbocycles. The van der Waals surface area contributed by atoms with Crippen molar-refractivity contribution in [2.75, 3.05) is 13.6 Å². The smallest absolute Gasteiger partial charge is 0.253 e. The number of hydrogen-bond acceptors (Lipinski definition) is 7. The molecule has 0 fully saturated rings. The van der Waals surface area contributed by atoms with Gasteiger partial charge in [0, 0.05) is 54.7 Å². The van der Waals surface area contributed by atoms with Gasteiger partial charge in [0.15, 0.2) is 0 Å². The molecule has 4 aromatic rings. The minimum Gasteiger partial charge on any atom is -0.390 e. The van der Waals surface area contributed by atoms with Gasteiger partial charge in [-0.1, -0.05) is 56.3 Å². The van der Waals surface area contributed by atoms with E-state index in [1.807, 2.05) is 55.0 Å². The van der Waals surface area contributed by atoms with Crippen LogP contribution in [0, 0.1) is 6.92 Å². The second-order valence-electron chi connectivity index (χ2n) is 10.9. The third-order valence-corrected chi connectivity index (χ3v) is 7.95. The third-order valence-electron chi connectivity index (χ3n) is 7.00. The van der Waals surface area contributed by atoms with Crippen LogP contribution in [-0.4, -0.2) is 57.5 Å². The molecule has 0 aliphatic rings. The molecule has 0 aliphatic heterocycles. The maximum atomic E-state index is 13.4. The van der Waals surface area contributed by atoms with E-state index in [-0.39, 0.29) is 18.4 Å². The van der Waals surface area contributed by atoms with Crippen LogP contribution >= 0.6 is 11.3 Å². The van der Waals surface area contributed by atoms with Gasteiger partial charge in [0.05, 0.1) is 18.7 Å². The van der Waals surface area contributed by atoms with E-state index in [1.54, 1.807) is 36.2 Å². The van der Waals surface area contributed by atoms with Crippen molar-refractivity contribution in [3.63, 3.8) is 0 Å². The van der Waals surface area contributed by atoms with Gasteiger partial charge in [0.1, 0.15) is 5.01 Å². The average molecular weight is 586 g/mol. The minimum absolute atomic E-state index is 0.196. The van der Waals surface area contributed by atoms with Gasteiger partial charge in [0.25, 0.3) is 11.8 Å². The Balaban J connectivity index is 1.42. The zero-order chi connectivity index (χ0) is 30.1. The Kier molecular flexibility index (Phi) is 10.9. The van der Waals surface area contributed by atoms with E-state index in [0.717, 1.165) is 27.4 Å². The summed E-state index contributed by atoms with van der Waals surface area (Å²) in [6.07, 6.45) is 3.29. The van der Waals surface area contributed by atoms with Crippen molar-refractivity contribution in [3.8, 4) is 0 Å². The van der Waals surface area contributed by atoms with Crippen LogP contribution in [0.4, 0.5) is 0 Å². The van der Waals surface area contributed by atoms with Crippen molar-refractivity contribution in [1.82, 2.24) is 25.5 Å². The molecule has 2 amide bonds. The van der Waals surface area contributed by atoms with E-state index in [2.05, 4.69) is 40.5 Å². The molecule has 42 heavy (non-hydrogen) atoms. The lowest BCUT2D eigenvalue weighted by atomic mass is 10.00. The maximum Gasteiger partial charge on any atom is 0.253 e. The Morgan fingerprint density at radius 1 is 1.00 bits per heavy atom. The number of carbonyl (C=O) groups is 2. The lowest BCUT2D eigenvalue weighted by molar-refractivity contribution is 0.0784. The van der Waals surface area contributed by atoms with Crippen molar-refractivity contribution in [2.45, 2.75) is 58.3 Å². The topological polar surface area (TPSA) is 107 Å². The molecule has 220 valence electrons. The van der Waals surface area contributed by atoms with E-state index in [0.29, 0.717) is 36.6 Å². The number of hydrogen-bond donors (Lipinski definition) is 3. The summed E-state index contributed by atoms with van der Waals surface area (Å²) in [7, 11) is 1.72. The van der Waals surface area contributed by atoms with Gasteiger partial charge < -0.3 is 20.6 Å². The Hall–Kier alpha value is -3.92. The highest BCUT2D eigenvalue weighted by Crippen LogP contribution is 2.16. The van der Waals surface area contributed by atoms with Crippen LogP contribution in [-0.2, 0) is 19.5 Å². The van der Waals surface area contributed by atoms with Crippen LogP contribution in [0.5, 0.6) is 0 Å². The van der Waals surface area contributed by atoms with E-state index in [4.69, 9.17) is 0 Å². The minimum atomic E-state index is -0.854. The summed E-state index contributed by atoms with van der Waals surface area (Å²) in [5.41, 5.74) is 4.89. The lowest BCUT2D eigenvalue weighted by Crippen LogP contribution is -2.48. The van der Waals surface area contributed by atoms with Crippen molar-refractivity contribution in [3.05, 3.63) is 117 Å². The van der Waals surface area contributed by atoms with Gasteiger partial charge in [-0.25, -0.2) is 4.98 Å². The number of carbonyl (C=O) groups excluding carboxylic acids is 2. The highest BCUT2D eigenvalue weighted by Gasteiger charge is 2.23. The molecule has 0 radical (unpaired) electrons. The van der Waals surface area contributed by atoms with Crippen molar-refractivity contribution < 1.29 is 14.7 Å². The van der Waals surface area contributed by atoms with E-state index in [9.17, 15) is 14.7 Å². The first kappa shape index (κ1) is 31.0. The van der Waals surface area contributed by atoms with Crippen LogP contribution < -0.4 is 10.6 Å². The first-order valence-electron chi connectivity index (χ1n) is 14.1. The molecular formula is C33H39N5O3S. The second kappa shape index (κ2) is 14.8. The molecular weight excluding hydrogens is 546 g/mol. The quantitative estimate of drug-likeness (QED) is 0.209. The number of amides is 2. The van der Waals surface area contributed by atoms with Crippen LogP contribution in [0.1, 0.15) is 67.9 Å². The number of nitrogens with one attached hydrogen (secondary N) is 2. The van der Waals surface area contributed by atoms with Crippen LogP contribution in [0.25, 0.3) is 0 Å². The number of aryl methyl sites for hydroxylation is 1. The van der Waals surface area contributed by atoms with Crippen LogP contribution in [0.3, 0.4) is 0 Å². The molecule has 9 heteroatoms. The zero-order valence-corrected chi connectivity index (χ0v) is 25.4. The lowest BCUT2D eigenvalue weighted by Gasteiger charge is -2.25. The summed E-state index contributed by atoms with van der Waals surface area (Å²) in [6, 6.07) is 18.0. The van der Waals surface area contributed by atoms with E-state index >= 15 is 0 Å². The standard InChI is InChI=1S/C33H39N5O3S/c1-22(2)28-13-25(16-34-18-28)17-35-19-30(39)29(14-24-9-6-5-7-10-24)37-32(40)26-11-8-12-27(15-26)33(41)38(4)20-31-36-23(3)21-42-31/h5-13,15-16,18,21-22,29-30,35,39H,14,17,19-20H2,1-4H3,(H,37,40)/t29-,30-/m0/s1. The fourth-order valence-electron chi connectivity index (χ4n) is 4.59. The Morgan fingerprint density at radius 3 is 2.48 bits per heavy atom. The average Bonchev–Trinajstić information content (AvgIpc) is 3.41. The SMILES string of the molecule is Cc1csc(CN(C)C(=O)c2cccc(C(=O)N[C@@H](Cc3ccccc3)[C@@H](O)CNCc3cncc(C(C)C)c3)c2)n1. The summed E-state index contributed by atoms with van der Waals surface area (Å²) in [4.78, 5) is 36.9. The maximum absolute atomic E-state index is 13.4. The number of rotatable bonds is 13. The Morgan fingerprint density at radius 2 is 1.76 bits per heavy atom. The first-order valence-corrected chi connectivity index (χ1v) is 15.0. The molecule has 8 nitrogen and oxygen atoms in total. The summed E-state index contributed by atoms with van der Waals surface area (Å²) in [5.74, 6) is -0.166. The Labute approximate surface area is 251 Å². The third kappa shape index (κ3) is 8.79. The molecule has 2 atom stereocenters. The molecule has 2 heterocycles. The molecule has 0 bridgehead atoms. The number of aromatic nitrogens is 2. The summed E-state index contributed by atoms with van der Waals surface area (Å²) in [6.45, 7) is 7.40. The van der Waals surface area contributed by atoms with Crippen molar-refractivity contribution >= 4 is 23.2 Å². The number of pyridine rings is 1. The molecule has 2 aromatic heterocycles. The van der Waals surface area contributed by atoms with Crippen LogP contribution in [0.15, 0.2) is 78.4 Å². The summed E-state index contributed by atoms with van der Waals surface area (Å²) >= 11 is 1.51. The van der Waals surface area contributed by atoms with Gasteiger partial charge in [-0.05, 0) is 54.2 Å². The monoisotopic (exact) mass is 585 g/mol. The normalized spacial score (nSPS) is 12.6. The molecule has 4 rings (SSSR count).